The van der Waals surface area contributed by atoms with Crippen LogP contribution in [0.2, 0.25) is 0 Å². The van der Waals surface area contributed by atoms with Crippen molar-refractivity contribution in [3.8, 4) is 0 Å². The SMILES string of the molecule is CCC1CCCCN1CC(C)C(O)c1ccccc1F. The number of aliphatic hydroxyl groups excluding tert-OH is 1. The van der Waals surface area contributed by atoms with E-state index < -0.39 is 6.10 Å². The number of halogens is 1. The van der Waals surface area contributed by atoms with E-state index in [0.29, 0.717) is 11.6 Å². The van der Waals surface area contributed by atoms with Gasteiger partial charge in [-0.3, -0.25) is 0 Å². The van der Waals surface area contributed by atoms with Crippen molar-refractivity contribution in [2.75, 3.05) is 13.1 Å². The lowest BCUT2D eigenvalue weighted by Crippen LogP contribution is -2.42. The second-order valence-corrected chi connectivity index (χ2v) is 6.00. The zero-order valence-corrected chi connectivity index (χ0v) is 12.6. The summed E-state index contributed by atoms with van der Waals surface area (Å²) in [5.74, 6) is -0.267. The number of piperidine rings is 1. The van der Waals surface area contributed by atoms with Crippen LogP contribution >= 0.6 is 0 Å². The molecule has 3 heteroatoms. The van der Waals surface area contributed by atoms with Crippen LogP contribution in [0.1, 0.15) is 51.2 Å². The second kappa shape index (κ2) is 7.19. The first-order valence-electron chi connectivity index (χ1n) is 7.80. The van der Waals surface area contributed by atoms with Crippen LogP contribution in [0.3, 0.4) is 0 Å². The molecule has 1 aliphatic heterocycles. The van der Waals surface area contributed by atoms with E-state index >= 15 is 0 Å². The summed E-state index contributed by atoms with van der Waals surface area (Å²) >= 11 is 0. The first-order chi connectivity index (χ1) is 9.63. The molecule has 1 N–H and O–H groups in total. The predicted octanol–water partition coefficient (Wildman–Crippen LogP) is 3.76. The molecule has 3 unspecified atom stereocenters. The van der Waals surface area contributed by atoms with Crippen molar-refractivity contribution in [2.45, 2.75) is 51.7 Å². The minimum Gasteiger partial charge on any atom is -0.388 e. The molecule has 1 saturated heterocycles. The van der Waals surface area contributed by atoms with Gasteiger partial charge < -0.3 is 10.0 Å². The van der Waals surface area contributed by atoms with Crippen molar-refractivity contribution in [1.29, 1.82) is 0 Å². The highest BCUT2D eigenvalue weighted by Gasteiger charge is 2.26. The van der Waals surface area contributed by atoms with Crippen LogP contribution in [-0.4, -0.2) is 29.1 Å². The molecule has 1 aromatic carbocycles. The number of benzene rings is 1. The Bertz CT molecular complexity index is 423. The highest BCUT2D eigenvalue weighted by molar-refractivity contribution is 5.20. The van der Waals surface area contributed by atoms with Crippen molar-refractivity contribution < 1.29 is 9.50 Å². The van der Waals surface area contributed by atoms with Gasteiger partial charge in [-0.15, -0.1) is 0 Å². The summed E-state index contributed by atoms with van der Waals surface area (Å²) in [5, 5.41) is 10.4. The average Bonchev–Trinajstić information content (AvgIpc) is 2.47. The molecule has 1 heterocycles. The van der Waals surface area contributed by atoms with Gasteiger partial charge in [-0.25, -0.2) is 4.39 Å². The molecule has 2 rings (SSSR count). The highest BCUT2D eigenvalue weighted by Crippen LogP contribution is 2.27. The number of likely N-dealkylation sites (tertiary alicyclic amines) is 1. The monoisotopic (exact) mass is 279 g/mol. The van der Waals surface area contributed by atoms with Gasteiger partial charge >= 0.3 is 0 Å². The molecular weight excluding hydrogens is 253 g/mol. The lowest BCUT2D eigenvalue weighted by Gasteiger charge is -2.37. The molecule has 0 aliphatic carbocycles. The van der Waals surface area contributed by atoms with Gasteiger partial charge in [0.1, 0.15) is 5.82 Å². The fourth-order valence-electron chi connectivity index (χ4n) is 3.25. The number of rotatable bonds is 5. The molecule has 1 fully saturated rings. The van der Waals surface area contributed by atoms with E-state index in [-0.39, 0.29) is 11.7 Å². The average molecular weight is 279 g/mol. The summed E-state index contributed by atoms with van der Waals surface area (Å²) in [7, 11) is 0. The zero-order valence-electron chi connectivity index (χ0n) is 12.6. The third-order valence-electron chi connectivity index (χ3n) is 4.51. The molecular formula is C17H26FNO. The lowest BCUT2D eigenvalue weighted by atomic mass is 9.93. The molecule has 2 nitrogen and oxygen atoms in total. The minimum atomic E-state index is -0.726. The summed E-state index contributed by atoms with van der Waals surface area (Å²) in [6.45, 7) is 6.18. The Morgan fingerprint density at radius 2 is 2.10 bits per heavy atom. The maximum Gasteiger partial charge on any atom is 0.129 e. The number of nitrogens with zero attached hydrogens (tertiary/aromatic N) is 1. The van der Waals surface area contributed by atoms with Crippen LogP contribution in [0.25, 0.3) is 0 Å². The van der Waals surface area contributed by atoms with E-state index in [4.69, 9.17) is 0 Å². The Morgan fingerprint density at radius 3 is 2.80 bits per heavy atom. The number of hydrogen-bond acceptors (Lipinski definition) is 2. The standard InChI is InChI=1S/C17H26FNO/c1-3-14-8-6-7-11-19(14)12-13(2)17(20)15-9-4-5-10-16(15)18/h4-5,9-10,13-14,17,20H,3,6-8,11-12H2,1-2H3. The second-order valence-electron chi connectivity index (χ2n) is 6.00. The van der Waals surface area contributed by atoms with Gasteiger partial charge in [-0.2, -0.15) is 0 Å². The molecule has 0 amide bonds. The number of hydrogen-bond donors (Lipinski definition) is 1. The molecule has 0 spiro atoms. The fraction of sp³-hybridized carbons (Fsp3) is 0.647. The first-order valence-corrected chi connectivity index (χ1v) is 7.80. The molecule has 0 bridgehead atoms. The molecule has 112 valence electrons. The maximum atomic E-state index is 13.7. The van der Waals surface area contributed by atoms with E-state index in [1.54, 1.807) is 18.2 Å². The van der Waals surface area contributed by atoms with Crippen LogP contribution in [-0.2, 0) is 0 Å². The third kappa shape index (κ3) is 3.58. The molecule has 1 aromatic rings. The minimum absolute atomic E-state index is 0.0408. The third-order valence-corrected chi connectivity index (χ3v) is 4.51. The fourth-order valence-corrected chi connectivity index (χ4v) is 3.25. The van der Waals surface area contributed by atoms with Crippen LogP contribution in [0.15, 0.2) is 24.3 Å². The molecule has 0 aromatic heterocycles. The molecule has 0 radical (unpaired) electrons. The van der Waals surface area contributed by atoms with Crippen molar-refractivity contribution in [3.05, 3.63) is 35.6 Å². The Hall–Kier alpha value is -0.930. The van der Waals surface area contributed by atoms with Gasteiger partial charge in [0.2, 0.25) is 0 Å². The number of aliphatic hydroxyl groups is 1. The van der Waals surface area contributed by atoms with Crippen molar-refractivity contribution in [1.82, 2.24) is 4.90 Å². The van der Waals surface area contributed by atoms with Gasteiger partial charge in [-0.1, -0.05) is 38.5 Å². The Kier molecular flexibility index (Phi) is 5.55. The summed E-state index contributed by atoms with van der Waals surface area (Å²) in [6.07, 6.45) is 4.22. The largest absolute Gasteiger partial charge is 0.388 e. The maximum absolute atomic E-state index is 13.7. The summed E-state index contributed by atoms with van der Waals surface area (Å²) in [5.41, 5.74) is 0.421. The molecule has 20 heavy (non-hydrogen) atoms. The van der Waals surface area contributed by atoms with E-state index in [2.05, 4.69) is 11.8 Å². The van der Waals surface area contributed by atoms with Crippen molar-refractivity contribution in [2.24, 2.45) is 5.92 Å². The quantitative estimate of drug-likeness (QED) is 0.887. The Balaban J connectivity index is 2.00. The van der Waals surface area contributed by atoms with Crippen LogP contribution in [0.5, 0.6) is 0 Å². The van der Waals surface area contributed by atoms with Crippen molar-refractivity contribution >= 4 is 0 Å². The predicted molar refractivity (Wildman–Crippen MR) is 80.0 cm³/mol. The van der Waals surface area contributed by atoms with Crippen LogP contribution in [0, 0.1) is 11.7 Å². The topological polar surface area (TPSA) is 23.5 Å². The zero-order chi connectivity index (χ0) is 14.5. The van der Waals surface area contributed by atoms with E-state index in [1.807, 2.05) is 6.92 Å². The van der Waals surface area contributed by atoms with Gasteiger partial charge in [0, 0.05) is 18.2 Å². The Labute approximate surface area is 121 Å². The highest BCUT2D eigenvalue weighted by atomic mass is 19.1. The lowest BCUT2D eigenvalue weighted by molar-refractivity contribution is 0.0570. The molecule has 3 atom stereocenters. The van der Waals surface area contributed by atoms with Gasteiger partial charge in [-0.05, 0) is 37.8 Å². The Morgan fingerprint density at radius 1 is 1.35 bits per heavy atom. The van der Waals surface area contributed by atoms with Gasteiger partial charge in [0.05, 0.1) is 6.10 Å². The van der Waals surface area contributed by atoms with Crippen molar-refractivity contribution in [3.63, 3.8) is 0 Å². The molecule has 0 saturated carbocycles. The van der Waals surface area contributed by atoms with E-state index in [1.165, 1.54) is 25.3 Å². The van der Waals surface area contributed by atoms with Gasteiger partial charge in [0.25, 0.3) is 0 Å². The first kappa shape index (κ1) is 15.5. The van der Waals surface area contributed by atoms with E-state index in [9.17, 15) is 9.50 Å². The van der Waals surface area contributed by atoms with Crippen LogP contribution < -0.4 is 0 Å². The molecule has 1 aliphatic rings. The summed E-state index contributed by atoms with van der Waals surface area (Å²) in [4.78, 5) is 2.47. The van der Waals surface area contributed by atoms with Gasteiger partial charge in [0.15, 0.2) is 0 Å². The van der Waals surface area contributed by atoms with Crippen LogP contribution in [0.4, 0.5) is 4.39 Å². The van der Waals surface area contributed by atoms with E-state index in [0.717, 1.165) is 19.5 Å². The smallest absolute Gasteiger partial charge is 0.129 e. The summed E-state index contributed by atoms with van der Waals surface area (Å²) in [6, 6.07) is 7.17. The summed E-state index contributed by atoms with van der Waals surface area (Å²) < 4.78 is 13.7. The normalized spacial score (nSPS) is 23.5.